The van der Waals surface area contributed by atoms with Gasteiger partial charge in [0.2, 0.25) is 10.0 Å². The van der Waals surface area contributed by atoms with Crippen molar-refractivity contribution in [3.63, 3.8) is 0 Å². The molecule has 25 heavy (non-hydrogen) atoms. The number of nitrogens with two attached hydrogens (primary N) is 1. The van der Waals surface area contributed by atoms with Crippen molar-refractivity contribution in [1.29, 1.82) is 0 Å². The molecule has 0 aliphatic carbocycles. The van der Waals surface area contributed by atoms with Crippen molar-refractivity contribution in [3.05, 3.63) is 45.4 Å². The molecule has 138 valence electrons. The van der Waals surface area contributed by atoms with E-state index in [0.29, 0.717) is 19.0 Å². The second-order valence-electron chi connectivity index (χ2n) is 5.21. The molecule has 0 aliphatic heterocycles. The van der Waals surface area contributed by atoms with E-state index >= 15 is 0 Å². The van der Waals surface area contributed by atoms with Gasteiger partial charge in [-0.1, -0.05) is 12.1 Å². The Kier molecular flexibility index (Phi) is 8.25. The molecule has 0 fully saturated rings. The molecule has 0 unspecified atom stereocenters. The summed E-state index contributed by atoms with van der Waals surface area (Å²) in [5.74, 6) is 0.626. The number of halogens is 1. The largest absolute Gasteiger partial charge is 0.352 e. The third-order valence-electron chi connectivity index (χ3n) is 3.33. The van der Waals surface area contributed by atoms with Crippen LogP contribution in [0.15, 0.2) is 34.2 Å². The molecule has 0 saturated heterocycles. The van der Waals surface area contributed by atoms with Crippen LogP contribution in [0.1, 0.15) is 21.1 Å². The number of primary sulfonamides is 1. The maximum absolute atomic E-state index is 11.4. The van der Waals surface area contributed by atoms with Gasteiger partial charge >= 0.3 is 0 Å². The van der Waals surface area contributed by atoms with E-state index in [-0.39, 0.29) is 28.9 Å². The highest BCUT2D eigenvalue weighted by atomic mass is 127. The minimum absolute atomic E-state index is 0. The molecular weight excluding hydrogens is 473 g/mol. The minimum Gasteiger partial charge on any atom is -0.352 e. The van der Waals surface area contributed by atoms with Gasteiger partial charge in [0.1, 0.15) is 0 Å². The Balaban J connectivity index is 0.00000312. The maximum Gasteiger partial charge on any atom is 0.238 e. The highest BCUT2D eigenvalue weighted by Crippen LogP contribution is 2.16. The molecule has 2 aromatic rings. The first kappa shape index (κ1) is 21.8. The topological polar surface area (TPSA) is 109 Å². The number of guanidine groups is 1. The van der Waals surface area contributed by atoms with E-state index in [4.69, 9.17) is 5.14 Å². The lowest BCUT2D eigenvalue weighted by Crippen LogP contribution is -2.36. The average Bonchev–Trinajstić information content (AvgIpc) is 2.85. The molecule has 1 aromatic carbocycles. The summed E-state index contributed by atoms with van der Waals surface area (Å²) in [5, 5.41) is 12.6. The predicted octanol–water partition coefficient (Wildman–Crippen LogP) is 1.89. The quantitative estimate of drug-likeness (QED) is 0.334. The molecule has 0 atom stereocenters. The molecule has 0 aliphatic rings. The molecule has 4 N–H and O–H groups in total. The first-order valence-electron chi connectivity index (χ1n) is 7.29. The molecule has 0 spiro atoms. The Morgan fingerprint density at radius 3 is 2.52 bits per heavy atom. The Bertz CT molecular complexity index is 849. The number of aromatic nitrogens is 1. The fourth-order valence-corrected chi connectivity index (χ4v) is 3.60. The van der Waals surface area contributed by atoms with Gasteiger partial charge in [0.15, 0.2) is 5.96 Å². The van der Waals surface area contributed by atoms with Gasteiger partial charge in [-0.15, -0.1) is 35.3 Å². The van der Waals surface area contributed by atoms with Crippen LogP contribution in [0.25, 0.3) is 0 Å². The zero-order chi connectivity index (χ0) is 17.7. The van der Waals surface area contributed by atoms with E-state index in [0.717, 1.165) is 21.1 Å². The summed E-state index contributed by atoms with van der Waals surface area (Å²) in [5.41, 5.74) is 1.82. The van der Waals surface area contributed by atoms with Gasteiger partial charge in [0.25, 0.3) is 0 Å². The monoisotopic (exact) mass is 495 g/mol. The van der Waals surface area contributed by atoms with E-state index in [1.165, 1.54) is 6.07 Å². The van der Waals surface area contributed by atoms with E-state index in [1.807, 2.05) is 19.9 Å². The van der Waals surface area contributed by atoms with E-state index in [1.54, 1.807) is 30.5 Å². The molecule has 0 amide bonds. The predicted molar refractivity (Wildman–Crippen MR) is 112 cm³/mol. The van der Waals surface area contributed by atoms with E-state index < -0.39 is 10.0 Å². The molecule has 0 bridgehead atoms. The van der Waals surface area contributed by atoms with Crippen molar-refractivity contribution in [2.45, 2.75) is 31.8 Å². The van der Waals surface area contributed by atoms with Gasteiger partial charge in [-0.3, -0.25) is 4.99 Å². The zero-order valence-electron chi connectivity index (χ0n) is 14.2. The number of aliphatic imine (C=N–C) groups is 1. The second-order valence-corrected chi connectivity index (χ2v) is 8.06. The standard InChI is InChI=1S/C15H21N5O2S2.HI/c1-10-14(23-11(2)20-10)9-19-15(17-3)18-8-12-5-4-6-13(7-12)24(16,21)22;/h4-7H,8-9H2,1-3H3,(H2,16,21,22)(H2,17,18,19);1H. The number of hydrogen-bond donors (Lipinski definition) is 3. The Labute approximate surface area is 169 Å². The number of sulfonamides is 1. The lowest BCUT2D eigenvalue weighted by atomic mass is 10.2. The number of benzene rings is 1. The molecule has 7 nitrogen and oxygen atoms in total. The van der Waals surface area contributed by atoms with Gasteiger partial charge < -0.3 is 10.6 Å². The SMILES string of the molecule is CN=C(NCc1cccc(S(N)(=O)=O)c1)NCc1sc(C)nc1C.I. The highest BCUT2D eigenvalue weighted by Gasteiger charge is 2.09. The molecule has 0 radical (unpaired) electrons. The summed E-state index contributed by atoms with van der Waals surface area (Å²) in [6.07, 6.45) is 0. The number of thiazole rings is 1. The number of nitrogens with zero attached hydrogens (tertiary/aromatic N) is 2. The van der Waals surface area contributed by atoms with Crippen LogP contribution in [0.2, 0.25) is 0 Å². The van der Waals surface area contributed by atoms with Crippen LogP contribution < -0.4 is 15.8 Å². The van der Waals surface area contributed by atoms with Crippen LogP contribution in [0.3, 0.4) is 0 Å². The van der Waals surface area contributed by atoms with E-state index in [9.17, 15) is 8.42 Å². The van der Waals surface area contributed by atoms with Gasteiger partial charge in [-0.05, 0) is 31.5 Å². The number of rotatable bonds is 5. The van der Waals surface area contributed by atoms with Crippen LogP contribution in [0.4, 0.5) is 0 Å². The molecule has 2 rings (SSSR count). The summed E-state index contributed by atoms with van der Waals surface area (Å²) in [6, 6.07) is 6.51. The lowest BCUT2D eigenvalue weighted by molar-refractivity contribution is 0.597. The van der Waals surface area contributed by atoms with Crippen LogP contribution in [-0.2, 0) is 23.1 Å². The van der Waals surface area contributed by atoms with Gasteiger partial charge in [0, 0.05) is 18.5 Å². The Hall–Kier alpha value is -1.24. The van der Waals surface area contributed by atoms with Crippen molar-refractivity contribution < 1.29 is 8.42 Å². The molecule has 10 heteroatoms. The maximum atomic E-state index is 11.4. The molecular formula is C15H22IN5O2S2. The van der Waals surface area contributed by atoms with Crippen LogP contribution in [0, 0.1) is 13.8 Å². The van der Waals surface area contributed by atoms with Crippen molar-refractivity contribution >= 4 is 51.3 Å². The summed E-state index contributed by atoms with van der Waals surface area (Å²) in [7, 11) is -2.02. The van der Waals surface area contributed by atoms with Crippen molar-refractivity contribution in [2.75, 3.05) is 7.05 Å². The first-order chi connectivity index (χ1) is 11.3. The summed E-state index contributed by atoms with van der Waals surface area (Å²) < 4.78 is 22.8. The first-order valence-corrected chi connectivity index (χ1v) is 9.65. The number of hydrogen-bond acceptors (Lipinski definition) is 5. The number of aryl methyl sites for hydroxylation is 2. The van der Waals surface area contributed by atoms with Crippen LogP contribution >= 0.6 is 35.3 Å². The average molecular weight is 495 g/mol. The van der Waals surface area contributed by atoms with Crippen LogP contribution in [0.5, 0.6) is 0 Å². The third-order valence-corrected chi connectivity index (χ3v) is 5.31. The van der Waals surface area contributed by atoms with Crippen LogP contribution in [-0.4, -0.2) is 26.4 Å². The highest BCUT2D eigenvalue weighted by molar-refractivity contribution is 14.0. The minimum atomic E-state index is -3.70. The summed E-state index contributed by atoms with van der Waals surface area (Å²) >= 11 is 1.65. The fraction of sp³-hybridized carbons (Fsp3) is 0.333. The fourth-order valence-electron chi connectivity index (χ4n) is 2.14. The van der Waals surface area contributed by atoms with Crippen molar-refractivity contribution in [3.8, 4) is 0 Å². The Morgan fingerprint density at radius 2 is 1.96 bits per heavy atom. The normalized spacial score (nSPS) is 11.8. The smallest absolute Gasteiger partial charge is 0.238 e. The third kappa shape index (κ3) is 6.53. The lowest BCUT2D eigenvalue weighted by Gasteiger charge is -2.12. The van der Waals surface area contributed by atoms with Gasteiger partial charge in [-0.2, -0.15) is 0 Å². The van der Waals surface area contributed by atoms with Crippen molar-refractivity contribution in [1.82, 2.24) is 15.6 Å². The van der Waals surface area contributed by atoms with Crippen molar-refractivity contribution in [2.24, 2.45) is 10.1 Å². The molecule has 1 aromatic heterocycles. The zero-order valence-corrected chi connectivity index (χ0v) is 18.2. The van der Waals surface area contributed by atoms with Gasteiger partial charge in [-0.25, -0.2) is 18.5 Å². The Morgan fingerprint density at radius 1 is 1.28 bits per heavy atom. The molecule has 0 saturated carbocycles. The van der Waals surface area contributed by atoms with Gasteiger partial charge in [0.05, 0.1) is 22.1 Å². The molecule has 1 heterocycles. The number of nitrogens with one attached hydrogen (secondary N) is 2. The second kappa shape index (κ2) is 9.46. The van der Waals surface area contributed by atoms with E-state index in [2.05, 4.69) is 20.6 Å². The summed E-state index contributed by atoms with van der Waals surface area (Å²) in [4.78, 5) is 9.81. The summed E-state index contributed by atoms with van der Waals surface area (Å²) in [6.45, 7) is 5.03.